The van der Waals surface area contributed by atoms with Gasteiger partial charge in [0.2, 0.25) is 0 Å². The summed E-state index contributed by atoms with van der Waals surface area (Å²) in [4.78, 5) is 10.6. The third-order valence-corrected chi connectivity index (χ3v) is 2.07. The van der Waals surface area contributed by atoms with E-state index in [1.165, 1.54) is 12.1 Å². The molecular formula is C7H6Cl2N2O2. The largest absolute Gasteiger partial charge is 0.478 e. The number of carboxylic acids is 1. The summed E-state index contributed by atoms with van der Waals surface area (Å²) < 4.78 is 0. The third kappa shape index (κ3) is 2.03. The normalized spacial score (nSPS) is 9.77. The third-order valence-electron chi connectivity index (χ3n) is 1.44. The molecule has 0 radical (unpaired) electrons. The molecule has 0 aliphatic heterocycles. The Morgan fingerprint density at radius 1 is 1.38 bits per heavy atom. The van der Waals surface area contributed by atoms with Crippen LogP contribution < -0.4 is 11.3 Å². The molecule has 4 N–H and O–H groups in total. The predicted octanol–water partition coefficient (Wildman–Crippen LogP) is 1.98. The molecule has 0 spiro atoms. The zero-order valence-electron chi connectivity index (χ0n) is 6.34. The minimum atomic E-state index is -1.13. The minimum Gasteiger partial charge on any atom is -0.478 e. The first-order chi connectivity index (χ1) is 6.06. The fourth-order valence-electron chi connectivity index (χ4n) is 0.823. The van der Waals surface area contributed by atoms with Crippen molar-refractivity contribution in [2.75, 3.05) is 5.43 Å². The van der Waals surface area contributed by atoms with Crippen LogP contribution in [-0.4, -0.2) is 11.1 Å². The first kappa shape index (κ1) is 10.1. The van der Waals surface area contributed by atoms with Crippen LogP contribution in [0.4, 0.5) is 5.69 Å². The van der Waals surface area contributed by atoms with E-state index in [1.807, 2.05) is 0 Å². The van der Waals surface area contributed by atoms with E-state index in [9.17, 15) is 4.79 Å². The zero-order valence-corrected chi connectivity index (χ0v) is 7.86. The van der Waals surface area contributed by atoms with Gasteiger partial charge in [-0.25, -0.2) is 4.79 Å². The van der Waals surface area contributed by atoms with Crippen molar-refractivity contribution in [1.82, 2.24) is 0 Å². The van der Waals surface area contributed by atoms with Crippen molar-refractivity contribution in [1.29, 1.82) is 0 Å². The molecule has 13 heavy (non-hydrogen) atoms. The number of aromatic carboxylic acids is 1. The number of hydrazine groups is 1. The van der Waals surface area contributed by atoms with E-state index in [1.54, 1.807) is 0 Å². The highest BCUT2D eigenvalue weighted by atomic mass is 35.5. The maximum atomic E-state index is 10.6. The SMILES string of the molecule is NNc1cc(C(=O)O)c(Cl)cc1Cl. The molecule has 0 saturated heterocycles. The van der Waals surface area contributed by atoms with E-state index in [2.05, 4.69) is 5.43 Å². The monoisotopic (exact) mass is 220 g/mol. The molecular weight excluding hydrogens is 215 g/mol. The van der Waals surface area contributed by atoms with Crippen molar-refractivity contribution in [3.8, 4) is 0 Å². The van der Waals surface area contributed by atoms with E-state index in [0.29, 0.717) is 5.69 Å². The number of hydrogen-bond acceptors (Lipinski definition) is 3. The van der Waals surface area contributed by atoms with E-state index < -0.39 is 5.97 Å². The maximum absolute atomic E-state index is 10.6. The van der Waals surface area contributed by atoms with Gasteiger partial charge in [-0.1, -0.05) is 23.2 Å². The molecule has 6 heteroatoms. The van der Waals surface area contributed by atoms with Crippen LogP contribution in [0.25, 0.3) is 0 Å². The first-order valence-corrected chi connectivity index (χ1v) is 4.01. The Morgan fingerprint density at radius 2 is 2.00 bits per heavy atom. The second-order valence-electron chi connectivity index (χ2n) is 2.26. The summed E-state index contributed by atoms with van der Waals surface area (Å²) in [6.07, 6.45) is 0. The molecule has 0 amide bonds. The average Bonchev–Trinajstić information content (AvgIpc) is 2.03. The van der Waals surface area contributed by atoms with Gasteiger partial charge >= 0.3 is 5.97 Å². The van der Waals surface area contributed by atoms with Crippen molar-refractivity contribution in [2.24, 2.45) is 5.84 Å². The van der Waals surface area contributed by atoms with Crippen LogP contribution in [0.15, 0.2) is 12.1 Å². The van der Waals surface area contributed by atoms with Crippen molar-refractivity contribution >= 4 is 34.9 Å². The second-order valence-corrected chi connectivity index (χ2v) is 3.08. The number of nitrogens with one attached hydrogen (secondary N) is 1. The second kappa shape index (κ2) is 3.83. The summed E-state index contributed by atoms with van der Waals surface area (Å²) in [5.41, 5.74) is 2.54. The molecule has 1 aromatic carbocycles. The van der Waals surface area contributed by atoms with Gasteiger partial charge in [-0.15, -0.1) is 0 Å². The Bertz CT molecular complexity index is 355. The van der Waals surface area contributed by atoms with Gasteiger partial charge in [0.05, 0.1) is 21.3 Å². The van der Waals surface area contributed by atoms with Crippen LogP contribution in [0.5, 0.6) is 0 Å². The molecule has 0 saturated carbocycles. The van der Waals surface area contributed by atoms with Crippen molar-refractivity contribution in [2.45, 2.75) is 0 Å². The summed E-state index contributed by atoms with van der Waals surface area (Å²) in [6, 6.07) is 2.59. The number of rotatable bonds is 2. The van der Waals surface area contributed by atoms with Gasteiger partial charge in [0.25, 0.3) is 0 Å². The number of carboxylic acid groups (broad SMARTS) is 1. The Balaban J connectivity index is 3.30. The summed E-state index contributed by atoms with van der Waals surface area (Å²) in [7, 11) is 0. The molecule has 0 fully saturated rings. The highest BCUT2D eigenvalue weighted by Crippen LogP contribution is 2.28. The molecule has 0 aliphatic carbocycles. The van der Waals surface area contributed by atoms with Crippen molar-refractivity contribution < 1.29 is 9.90 Å². The van der Waals surface area contributed by atoms with Crippen LogP contribution in [0, 0.1) is 0 Å². The zero-order chi connectivity index (χ0) is 10.0. The fourth-order valence-corrected chi connectivity index (χ4v) is 1.34. The smallest absolute Gasteiger partial charge is 0.337 e. The highest BCUT2D eigenvalue weighted by molar-refractivity contribution is 6.38. The van der Waals surface area contributed by atoms with Gasteiger partial charge in [0.15, 0.2) is 0 Å². The van der Waals surface area contributed by atoms with Crippen molar-refractivity contribution in [3.05, 3.63) is 27.7 Å². The lowest BCUT2D eigenvalue weighted by atomic mass is 10.2. The minimum absolute atomic E-state index is 0.0426. The van der Waals surface area contributed by atoms with E-state index in [4.69, 9.17) is 34.2 Å². The molecule has 0 aromatic heterocycles. The molecule has 0 heterocycles. The molecule has 1 aromatic rings. The van der Waals surface area contributed by atoms with E-state index in [-0.39, 0.29) is 15.6 Å². The Labute approximate surface area is 84.2 Å². The molecule has 0 atom stereocenters. The van der Waals surface area contributed by atoms with Gasteiger partial charge < -0.3 is 10.5 Å². The van der Waals surface area contributed by atoms with Gasteiger partial charge in [-0.05, 0) is 12.1 Å². The molecule has 70 valence electrons. The van der Waals surface area contributed by atoms with Crippen LogP contribution >= 0.6 is 23.2 Å². The molecule has 0 bridgehead atoms. The number of anilines is 1. The van der Waals surface area contributed by atoms with Gasteiger partial charge in [0.1, 0.15) is 0 Å². The first-order valence-electron chi connectivity index (χ1n) is 3.25. The van der Waals surface area contributed by atoms with Gasteiger partial charge in [0, 0.05) is 0 Å². The van der Waals surface area contributed by atoms with Crippen LogP contribution in [0.1, 0.15) is 10.4 Å². The van der Waals surface area contributed by atoms with Gasteiger partial charge in [-0.3, -0.25) is 5.84 Å². The number of carbonyl (C=O) groups is 1. The predicted molar refractivity (Wildman–Crippen MR) is 51.2 cm³/mol. The topological polar surface area (TPSA) is 75.3 Å². The Hall–Kier alpha value is -0.970. The highest BCUT2D eigenvalue weighted by Gasteiger charge is 2.11. The Kier molecular flexibility index (Phi) is 2.98. The summed E-state index contributed by atoms with van der Waals surface area (Å²) in [5.74, 6) is 3.97. The lowest BCUT2D eigenvalue weighted by Crippen LogP contribution is -2.09. The molecule has 0 unspecified atom stereocenters. The molecule has 4 nitrogen and oxygen atoms in total. The summed E-state index contributed by atoms with van der Waals surface area (Å²) >= 11 is 11.3. The van der Waals surface area contributed by atoms with E-state index in [0.717, 1.165) is 0 Å². The maximum Gasteiger partial charge on any atom is 0.337 e. The van der Waals surface area contributed by atoms with Crippen LogP contribution in [0.2, 0.25) is 10.0 Å². The molecule has 1 rings (SSSR count). The summed E-state index contributed by atoms with van der Waals surface area (Å²) in [6.45, 7) is 0. The fraction of sp³-hybridized carbons (Fsp3) is 0. The molecule has 0 aliphatic rings. The lowest BCUT2D eigenvalue weighted by molar-refractivity contribution is 0.0697. The lowest BCUT2D eigenvalue weighted by Gasteiger charge is -2.05. The van der Waals surface area contributed by atoms with Crippen molar-refractivity contribution in [3.63, 3.8) is 0 Å². The van der Waals surface area contributed by atoms with Crippen LogP contribution in [-0.2, 0) is 0 Å². The van der Waals surface area contributed by atoms with E-state index >= 15 is 0 Å². The average molecular weight is 221 g/mol. The standard InChI is InChI=1S/C7H6Cl2N2O2/c8-4-2-5(9)6(11-10)1-3(4)7(12)13/h1-2,11H,10H2,(H,12,13). The number of halogens is 2. The number of benzene rings is 1. The van der Waals surface area contributed by atoms with Crippen LogP contribution in [0.3, 0.4) is 0 Å². The Morgan fingerprint density at radius 3 is 2.46 bits per heavy atom. The number of nitrogens with two attached hydrogens (primary N) is 1. The summed E-state index contributed by atoms with van der Waals surface area (Å²) in [5, 5.41) is 9.04. The number of hydrogen-bond donors (Lipinski definition) is 3. The van der Waals surface area contributed by atoms with Gasteiger partial charge in [-0.2, -0.15) is 0 Å². The number of nitrogen functional groups attached to an aromatic ring is 1. The quantitative estimate of drug-likeness (QED) is 0.527.